The Bertz CT molecular complexity index is 883. The maximum Gasteiger partial charge on any atom is 0.244 e. The molecule has 0 fully saturated rings. The second-order valence-electron chi connectivity index (χ2n) is 6.21. The number of hydrogen-bond acceptors (Lipinski definition) is 4. The first kappa shape index (κ1) is 21.1. The molecule has 0 saturated heterocycles. The van der Waals surface area contributed by atoms with E-state index in [-0.39, 0.29) is 6.04 Å². The summed E-state index contributed by atoms with van der Waals surface area (Å²) < 4.78 is 30.8. The number of sulfonamides is 1. The van der Waals surface area contributed by atoms with Crippen molar-refractivity contribution in [2.45, 2.75) is 25.9 Å². The molecule has 27 heavy (non-hydrogen) atoms. The van der Waals surface area contributed by atoms with Crippen molar-refractivity contribution in [2.24, 2.45) is 0 Å². The zero-order valence-corrected chi connectivity index (χ0v) is 17.2. The van der Waals surface area contributed by atoms with E-state index in [1.807, 2.05) is 19.1 Å². The molecule has 1 amide bonds. The van der Waals surface area contributed by atoms with Crippen molar-refractivity contribution in [1.82, 2.24) is 5.32 Å². The van der Waals surface area contributed by atoms with Gasteiger partial charge in [0.05, 0.1) is 25.1 Å². The number of hydrogen-bond donors (Lipinski definition) is 1. The van der Waals surface area contributed by atoms with Gasteiger partial charge in [0.25, 0.3) is 0 Å². The zero-order valence-electron chi connectivity index (χ0n) is 15.6. The highest BCUT2D eigenvalue weighted by molar-refractivity contribution is 7.92. The van der Waals surface area contributed by atoms with Gasteiger partial charge in [-0.3, -0.25) is 9.10 Å². The first-order valence-electron chi connectivity index (χ1n) is 8.32. The molecule has 0 unspecified atom stereocenters. The van der Waals surface area contributed by atoms with Crippen LogP contribution in [-0.2, 0) is 14.8 Å². The summed E-state index contributed by atoms with van der Waals surface area (Å²) in [6.07, 6.45) is 1.07. The molecule has 0 heterocycles. The molecule has 0 spiro atoms. The minimum absolute atomic E-state index is 0.294. The molecular formula is C19H23ClN2O4S. The van der Waals surface area contributed by atoms with Gasteiger partial charge in [-0.05, 0) is 55.8 Å². The van der Waals surface area contributed by atoms with Crippen LogP contribution in [0.25, 0.3) is 0 Å². The van der Waals surface area contributed by atoms with Gasteiger partial charge in [0, 0.05) is 5.02 Å². The molecule has 0 aromatic heterocycles. The molecule has 2 aromatic rings. The Morgan fingerprint density at radius 3 is 2.11 bits per heavy atom. The smallest absolute Gasteiger partial charge is 0.244 e. The molecule has 8 heteroatoms. The predicted molar refractivity (Wildman–Crippen MR) is 108 cm³/mol. The Kier molecular flexibility index (Phi) is 6.73. The predicted octanol–water partition coefficient (Wildman–Crippen LogP) is 3.38. The van der Waals surface area contributed by atoms with Gasteiger partial charge in [-0.1, -0.05) is 23.7 Å². The van der Waals surface area contributed by atoms with Crippen LogP contribution in [0, 0.1) is 0 Å². The van der Waals surface area contributed by atoms with E-state index in [4.69, 9.17) is 16.3 Å². The third-order valence-electron chi connectivity index (χ3n) is 4.14. The molecular weight excluding hydrogens is 388 g/mol. The number of amides is 1. The van der Waals surface area contributed by atoms with Crippen molar-refractivity contribution in [1.29, 1.82) is 0 Å². The Labute approximate surface area is 165 Å². The molecule has 2 aromatic carbocycles. The van der Waals surface area contributed by atoms with Crippen LogP contribution in [0.1, 0.15) is 25.5 Å². The highest BCUT2D eigenvalue weighted by Gasteiger charge is 2.29. The lowest BCUT2D eigenvalue weighted by Gasteiger charge is -2.29. The Morgan fingerprint density at radius 1 is 1.07 bits per heavy atom. The number of rotatable bonds is 7. The van der Waals surface area contributed by atoms with Crippen LogP contribution >= 0.6 is 11.6 Å². The van der Waals surface area contributed by atoms with E-state index in [0.29, 0.717) is 10.7 Å². The van der Waals surface area contributed by atoms with E-state index in [9.17, 15) is 13.2 Å². The van der Waals surface area contributed by atoms with Gasteiger partial charge in [-0.15, -0.1) is 0 Å². The van der Waals surface area contributed by atoms with E-state index < -0.39 is 22.0 Å². The van der Waals surface area contributed by atoms with E-state index >= 15 is 0 Å². The fourth-order valence-corrected chi connectivity index (χ4v) is 4.01. The van der Waals surface area contributed by atoms with Gasteiger partial charge in [0.15, 0.2) is 0 Å². The molecule has 0 aliphatic heterocycles. The Morgan fingerprint density at radius 2 is 1.63 bits per heavy atom. The average Bonchev–Trinajstić information content (AvgIpc) is 2.62. The quantitative estimate of drug-likeness (QED) is 0.759. The number of carbonyl (C=O) groups excluding carboxylic acids is 1. The molecule has 146 valence electrons. The first-order valence-corrected chi connectivity index (χ1v) is 10.6. The fourth-order valence-electron chi connectivity index (χ4n) is 2.71. The SMILES string of the molecule is COc1ccc([C@H](C)NC(=O)[C@@H](C)N(c2ccc(Cl)cc2)S(C)(=O)=O)cc1. The summed E-state index contributed by atoms with van der Waals surface area (Å²) in [5.41, 5.74) is 1.26. The highest BCUT2D eigenvalue weighted by Crippen LogP contribution is 2.24. The average molecular weight is 411 g/mol. The summed E-state index contributed by atoms with van der Waals surface area (Å²) in [6, 6.07) is 12.4. The summed E-state index contributed by atoms with van der Waals surface area (Å²) in [7, 11) is -2.09. The number of nitrogens with one attached hydrogen (secondary N) is 1. The van der Waals surface area contributed by atoms with Crippen LogP contribution in [0.5, 0.6) is 5.75 Å². The van der Waals surface area contributed by atoms with Gasteiger partial charge in [0.2, 0.25) is 15.9 Å². The van der Waals surface area contributed by atoms with Gasteiger partial charge >= 0.3 is 0 Å². The van der Waals surface area contributed by atoms with Crippen molar-refractivity contribution >= 4 is 33.2 Å². The van der Waals surface area contributed by atoms with Gasteiger partial charge in [-0.25, -0.2) is 8.42 Å². The molecule has 6 nitrogen and oxygen atoms in total. The van der Waals surface area contributed by atoms with Crippen molar-refractivity contribution in [3.05, 3.63) is 59.1 Å². The van der Waals surface area contributed by atoms with Gasteiger partial charge < -0.3 is 10.1 Å². The van der Waals surface area contributed by atoms with E-state index in [1.165, 1.54) is 0 Å². The summed E-state index contributed by atoms with van der Waals surface area (Å²) in [5.74, 6) is 0.315. The second-order valence-corrected chi connectivity index (χ2v) is 8.51. The third kappa shape index (κ3) is 5.37. The number of anilines is 1. The van der Waals surface area contributed by atoms with E-state index in [2.05, 4.69) is 5.32 Å². The van der Waals surface area contributed by atoms with Gasteiger partial charge in [0.1, 0.15) is 11.8 Å². The molecule has 0 aliphatic carbocycles. The molecule has 2 rings (SSSR count). The van der Waals surface area contributed by atoms with Crippen molar-refractivity contribution in [3.8, 4) is 5.75 Å². The number of nitrogens with zero attached hydrogens (tertiary/aromatic N) is 1. The number of benzene rings is 2. The van der Waals surface area contributed by atoms with Crippen LogP contribution in [0.15, 0.2) is 48.5 Å². The van der Waals surface area contributed by atoms with Crippen molar-refractivity contribution in [3.63, 3.8) is 0 Å². The van der Waals surface area contributed by atoms with Crippen molar-refractivity contribution < 1.29 is 17.9 Å². The summed E-state index contributed by atoms with van der Waals surface area (Å²) in [4.78, 5) is 12.7. The van der Waals surface area contributed by atoms with E-state index in [0.717, 1.165) is 21.9 Å². The molecule has 0 aliphatic rings. The lowest BCUT2D eigenvalue weighted by molar-refractivity contribution is -0.122. The Hall–Kier alpha value is -2.25. The Balaban J connectivity index is 2.20. The van der Waals surface area contributed by atoms with Crippen LogP contribution in [0.2, 0.25) is 5.02 Å². The minimum atomic E-state index is -3.67. The standard InChI is InChI=1S/C19H23ClN2O4S/c1-13(15-5-11-18(26-3)12-6-15)21-19(23)14(2)22(27(4,24)25)17-9-7-16(20)8-10-17/h5-14H,1-4H3,(H,21,23)/t13-,14+/m0/s1. The van der Waals surface area contributed by atoms with Crippen molar-refractivity contribution in [2.75, 3.05) is 17.7 Å². The molecule has 2 atom stereocenters. The maximum atomic E-state index is 12.7. The maximum absolute atomic E-state index is 12.7. The van der Waals surface area contributed by atoms with E-state index in [1.54, 1.807) is 50.4 Å². The third-order valence-corrected chi connectivity index (χ3v) is 5.64. The molecule has 0 radical (unpaired) electrons. The number of ether oxygens (including phenoxy) is 1. The van der Waals surface area contributed by atoms with Gasteiger partial charge in [-0.2, -0.15) is 0 Å². The minimum Gasteiger partial charge on any atom is -0.497 e. The number of carbonyl (C=O) groups is 1. The van der Waals surface area contributed by atoms with Crippen LogP contribution in [0.3, 0.4) is 0 Å². The number of halogens is 1. The zero-order chi connectivity index (χ0) is 20.2. The summed E-state index contributed by atoms with van der Waals surface area (Å²) in [6.45, 7) is 3.38. The summed E-state index contributed by atoms with van der Waals surface area (Å²) in [5, 5.41) is 3.34. The normalized spacial score (nSPS) is 13.5. The van der Waals surface area contributed by atoms with Crippen LogP contribution in [0.4, 0.5) is 5.69 Å². The molecule has 0 saturated carbocycles. The second kappa shape index (κ2) is 8.63. The number of methoxy groups -OCH3 is 1. The highest BCUT2D eigenvalue weighted by atomic mass is 35.5. The molecule has 1 N–H and O–H groups in total. The monoisotopic (exact) mass is 410 g/mol. The molecule has 0 bridgehead atoms. The lowest BCUT2D eigenvalue weighted by Crippen LogP contribution is -2.48. The first-order chi connectivity index (χ1) is 12.6. The lowest BCUT2D eigenvalue weighted by atomic mass is 10.1. The van der Waals surface area contributed by atoms with Crippen LogP contribution in [-0.4, -0.2) is 33.7 Å². The summed E-state index contributed by atoms with van der Waals surface area (Å²) >= 11 is 5.87. The topological polar surface area (TPSA) is 75.7 Å². The fraction of sp³-hybridized carbons (Fsp3) is 0.316. The van der Waals surface area contributed by atoms with Crippen LogP contribution < -0.4 is 14.4 Å². The largest absolute Gasteiger partial charge is 0.497 e.